The van der Waals surface area contributed by atoms with Crippen molar-refractivity contribution in [2.75, 3.05) is 20.2 Å². The van der Waals surface area contributed by atoms with Gasteiger partial charge in [-0.25, -0.2) is 9.44 Å². The quantitative estimate of drug-likeness (QED) is 0.744. The van der Waals surface area contributed by atoms with Crippen LogP contribution in [-0.4, -0.2) is 28.6 Å². The summed E-state index contributed by atoms with van der Waals surface area (Å²) in [6.07, 6.45) is 1.37. The van der Waals surface area contributed by atoms with Crippen LogP contribution in [0.2, 0.25) is 0 Å². The third kappa shape index (κ3) is 5.03. The largest absolute Gasteiger partial charge is 0.496 e. The highest BCUT2D eigenvalue weighted by molar-refractivity contribution is 7.87. The van der Waals surface area contributed by atoms with Crippen LogP contribution in [0.15, 0.2) is 24.3 Å². The molecular weight excluding hydrogens is 252 g/mol. The van der Waals surface area contributed by atoms with Crippen molar-refractivity contribution in [1.29, 1.82) is 0 Å². The van der Waals surface area contributed by atoms with Crippen LogP contribution in [0.5, 0.6) is 5.75 Å². The lowest BCUT2D eigenvalue weighted by Gasteiger charge is -2.09. The Morgan fingerprint density at radius 3 is 2.50 bits per heavy atom. The molecule has 0 aliphatic heterocycles. The van der Waals surface area contributed by atoms with E-state index < -0.39 is 10.2 Å². The fraction of sp³-hybridized carbons (Fsp3) is 0.500. The van der Waals surface area contributed by atoms with E-state index in [1.54, 1.807) is 7.11 Å². The van der Waals surface area contributed by atoms with Crippen molar-refractivity contribution in [2.24, 2.45) is 0 Å². The molecule has 0 bridgehead atoms. The molecule has 0 fully saturated rings. The number of methoxy groups -OCH3 is 1. The lowest BCUT2D eigenvalue weighted by Crippen LogP contribution is -2.37. The Hall–Kier alpha value is -1.11. The zero-order chi connectivity index (χ0) is 13.4. The van der Waals surface area contributed by atoms with Gasteiger partial charge in [0.1, 0.15) is 5.75 Å². The fourth-order valence-corrected chi connectivity index (χ4v) is 2.46. The Labute approximate surface area is 109 Å². The van der Waals surface area contributed by atoms with Crippen molar-refractivity contribution in [3.63, 3.8) is 0 Å². The molecular formula is C12H20N2O3S. The third-order valence-electron chi connectivity index (χ3n) is 2.42. The van der Waals surface area contributed by atoms with Gasteiger partial charge in [0.05, 0.1) is 7.11 Å². The first-order valence-electron chi connectivity index (χ1n) is 5.95. The molecule has 0 aromatic heterocycles. The molecule has 0 atom stereocenters. The summed E-state index contributed by atoms with van der Waals surface area (Å²) < 4.78 is 33.1. The summed E-state index contributed by atoms with van der Waals surface area (Å²) in [5, 5.41) is 0. The molecule has 0 aliphatic rings. The van der Waals surface area contributed by atoms with Crippen LogP contribution >= 0.6 is 0 Å². The number of nitrogens with one attached hydrogen (secondary N) is 2. The van der Waals surface area contributed by atoms with Gasteiger partial charge in [-0.3, -0.25) is 0 Å². The van der Waals surface area contributed by atoms with Crippen LogP contribution in [-0.2, 0) is 16.6 Å². The lowest BCUT2D eigenvalue weighted by atomic mass is 10.1. The summed E-state index contributed by atoms with van der Waals surface area (Å²) in [6.45, 7) is 2.71. The van der Waals surface area contributed by atoms with Gasteiger partial charge in [-0.2, -0.15) is 8.42 Å². The van der Waals surface area contributed by atoms with Crippen LogP contribution in [0.25, 0.3) is 0 Å². The monoisotopic (exact) mass is 272 g/mol. The topological polar surface area (TPSA) is 67.4 Å². The lowest BCUT2D eigenvalue weighted by molar-refractivity contribution is 0.409. The van der Waals surface area contributed by atoms with Gasteiger partial charge in [-0.05, 0) is 24.5 Å². The molecule has 0 saturated carbocycles. The molecule has 0 radical (unpaired) electrons. The van der Waals surface area contributed by atoms with Crippen LogP contribution in [0.4, 0.5) is 0 Å². The Morgan fingerprint density at radius 1 is 1.17 bits per heavy atom. The number of rotatable bonds is 8. The Kier molecular flexibility index (Phi) is 6.11. The van der Waals surface area contributed by atoms with E-state index >= 15 is 0 Å². The smallest absolute Gasteiger partial charge is 0.276 e. The van der Waals surface area contributed by atoms with E-state index in [0.29, 0.717) is 19.5 Å². The molecule has 1 aromatic rings. The van der Waals surface area contributed by atoms with Crippen LogP contribution in [0.1, 0.15) is 18.9 Å². The molecule has 0 saturated heterocycles. The van der Waals surface area contributed by atoms with Gasteiger partial charge in [0.15, 0.2) is 0 Å². The van der Waals surface area contributed by atoms with Crippen molar-refractivity contribution in [3.05, 3.63) is 29.8 Å². The highest BCUT2D eigenvalue weighted by atomic mass is 32.2. The van der Waals surface area contributed by atoms with E-state index in [1.807, 2.05) is 31.2 Å². The molecule has 0 heterocycles. The maximum atomic E-state index is 11.5. The van der Waals surface area contributed by atoms with Crippen LogP contribution in [0.3, 0.4) is 0 Å². The van der Waals surface area contributed by atoms with E-state index in [4.69, 9.17) is 4.74 Å². The SMILES string of the molecule is CCCNS(=O)(=O)NCCc1ccccc1OC. The minimum Gasteiger partial charge on any atom is -0.496 e. The molecule has 102 valence electrons. The summed E-state index contributed by atoms with van der Waals surface area (Å²) in [7, 11) is -1.77. The van der Waals surface area contributed by atoms with Gasteiger partial charge in [-0.1, -0.05) is 25.1 Å². The fourth-order valence-electron chi connectivity index (χ4n) is 1.52. The van der Waals surface area contributed by atoms with Gasteiger partial charge in [0, 0.05) is 13.1 Å². The van der Waals surface area contributed by atoms with Gasteiger partial charge in [-0.15, -0.1) is 0 Å². The molecule has 0 aliphatic carbocycles. The average Bonchev–Trinajstić information content (AvgIpc) is 2.37. The number of para-hydroxylation sites is 1. The third-order valence-corrected chi connectivity index (χ3v) is 3.59. The van der Waals surface area contributed by atoms with Gasteiger partial charge in [0.25, 0.3) is 10.2 Å². The summed E-state index contributed by atoms with van der Waals surface area (Å²) >= 11 is 0. The maximum absolute atomic E-state index is 11.5. The first-order chi connectivity index (χ1) is 8.59. The zero-order valence-electron chi connectivity index (χ0n) is 10.8. The summed E-state index contributed by atoms with van der Waals surface area (Å²) in [5.74, 6) is 0.776. The minimum atomic E-state index is -3.37. The summed E-state index contributed by atoms with van der Waals surface area (Å²) in [6, 6.07) is 7.57. The molecule has 0 spiro atoms. The first kappa shape index (κ1) is 14.9. The molecule has 2 N–H and O–H groups in total. The van der Waals surface area contributed by atoms with Gasteiger partial charge < -0.3 is 4.74 Å². The number of ether oxygens (including phenoxy) is 1. The molecule has 0 amide bonds. The van der Waals surface area contributed by atoms with Gasteiger partial charge >= 0.3 is 0 Å². The Balaban J connectivity index is 2.46. The standard InChI is InChI=1S/C12H20N2O3S/c1-3-9-13-18(15,16)14-10-8-11-6-4-5-7-12(11)17-2/h4-7,13-14H,3,8-10H2,1-2H3. The minimum absolute atomic E-state index is 0.347. The number of hydrogen-bond acceptors (Lipinski definition) is 3. The normalized spacial score (nSPS) is 11.4. The van der Waals surface area contributed by atoms with Crippen molar-refractivity contribution >= 4 is 10.2 Å². The predicted octanol–water partition coefficient (Wildman–Crippen LogP) is 1.07. The number of benzene rings is 1. The Morgan fingerprint density at radius 2 is 1.83 bits per heavy atom. The van der Waals surface area contributed by atoms with E-state index in [1.165, 1.54) is 0 Å². The number of hydrogen-bond donors (Lipinski definition) is 2. The summed E-state index contributed by atoms with van der Waals surface area (Å²) in [4.78, 5) is 0. The second-order valence-electron chi connectivity index (χ2n) is 3.85. The van der Waals surface area contributed by atoms with Crippen molar-refractivity contribution in [2.45, 2.75) is 19.8 Å². The molecule has 5 nitrogen and oxygen atoms in total. The molecule has 1 aromatic carbocycles. The van der Waals surface area contributed by atoms with Crippen molar-refractivity contribution < 1.29 is 13.2 Å². The molecule has 0 unspecified atom stereocenters. The summed E-state index contributed by atoms with van der Waals surface area (Å²) in [5.41, 5.74) is 0.984. The van der Waals surface area contributed by atoms with Crippen LogP contribution in [0, 0.1) is 0 Å². The molecule has 6 heteroatoms. The highest BCUT2D eigenvalue weighted by Crippen LogP contribution is 2.17. The van der Waals surface area contributed by atoms with Crippen LogP contribution < -0.4 is 14.2 Å². The predicted molar refractivity (Wildman–Crippen MR) is 71.9 cm³/mol. The van der Waals surface area contributed by atoms with E-state index in [0.717, 1.165) is 17.7 Å². The Bertz CT molecular complexity index is 460. The molecule has 1 rings (SSSR count). The highest BCUT2D eigenvalue weighted by Gasteiger charge is 2.08. The second kappa shape index (κ2) is 7.35. The van der Waals surface area contributed by atoms with E-state index in [2.05, 4.69) is 9.44 Å². The molecule has 18 heavy (non-hydrogen) atoms. The maximum Gasteiger partial charge on any atom is 0.276 e. The zero-order valence-corrected chi connectivity index (χ0v) is 11.6. The van der Waals surface area contributed by atoms with E-state index in [9.17, 15) is 8.42 Å². The first-order valence-corrected chi connectivity index (χ1v) is 7.43. The van der Waals surface area contributed by atoms with E-state index in [-0.39, 0.29) is 0 Å². The van der Waals surface area contributed by atoms with Gasteiger partial charge in [0.2, 0.25) is 0 Å². The van der Waals surface area contributed by atoms with Crippen molar-refractivity contribution in [1.82, 2.24) is 9.44 Å². The van der Waals surface area contributed by atoms with Crippen molar-refractivity contribution in [3.8, 4) is 5.75 Å². The second-order valence-corrected chi connectivity index (χ2v) is 5.44. The average molecular weight is 272 g/mol.